The Labute approximate surface area is 625 Å². The zero-order chi connectivity index (χ0) is 76.7. The molecule has 1 aromatic heterocycles. The number of likely N-dealkylation sites (tertiary alicyclic amines) is 1. The fourth-order valence-corrected chi connectivity index (χ4v) is 10.6. The molecule has 0 bridgehead atoms. The van der Waals surface area contributed by atoms with E-state index in [0.717, 1.165) is 37.7 Å². The van der Waals surface area contributed by atoms with Crippen molar-refractivity contribution < 1.29 is 125 Å². The lowest BCUT2D eigenvalue weighted by Gasteiger charge is -2.38. The van der Waals surface area contributed by atoms with Crippen LogP contribution in [0.15, 0.2) is 73.1 Å². The van der Waals surface area contributed by atoms with Gasteiger partial charge in [-0.05, 0) is 97.5 Å². The summed E-state index contributed by atoms with van der Waals surface area (Å²) < 4.78 is 81.9. The molecular weight excluding hydrogens is 1400 g/mol. The van der Waals surface area contributed by atoms with E-state index in [1.807, 2.05) is 11.0 Å². The van der Waals surface area contributed by atoms with Crippen LogP contribution in [-0.2, 0) is 108 Å². The summed E-state index contributed by atoms with van der Waals surface area (Å²) in [5.74, 6) is -3.63. The zero-order valence-corrected chi connectivity index (χ0v) is 61.6. The molecule has 2 saturated heterocycles. The van der Waals surface area contributed by atoms with Crippen molar-refractivity contribution >= 4 is 53.2 Å². The number of anilines is 1. The Kier molecular flexibility index (Phi) is 48.1. The van der Waals surface area contributed by atoms with Crippen LogP contribution < -0.4 is 31.7 Å². The van der Waals surface area contributed by atoms with E-state index in [9.17, 15) is 54.0 Å². The molecule has 33 nitrogen and oxygen atoms in total. The summed E-state index contributed by atoms with van der Waals surface area (Å²) in [6.07, 6.45) is 2.38. The highest BCUT2D eigenvalue weighted by Crippen LogP contribution is 2.32. The average molecular weight is 1520 g/mol. The number of esters is 1. The molecule has 6 atom stereocenters. The minimum Gasteiger partial charge on any atom is -0.479 e. The average Bonchev–Trinajstić information content (AvgIpc) is 0.801. The molecular formula is C74H113N7O26. The van der Waals surface area contributed by atoms with Gasteiger partial charge in [-0.25, -0.2) is 4.79 Å². The zero-order valence-electron chi connectivity index (χ0n) is 61.6. The SMILES string of the molecule is COCCOCCOCCOCCOCCOCCOCCOCCOCCOCCOCCOCCC(=O)NCCCC[C@H](N)C(=O)NCCC(=O)Nc1cc(COC(=O)Cc2cccc(C(=O)N3CCC(CCCCNC(=O)/C=C/c4cccnc4)CC3)c2)ccc1O[C@@H]1O[C@H](C(=O)O)[C@@H](O)[C@H](O)[C@H]1O. The van der Waals surface area contributed by atoms with Crippen LogP contribution >= 0.6 is 0 Å². The number of aliphatic hydroxyl groups excluding tert-OH is 3. The number of carbonyl (C=O) groups excluding carboxylic acids is 6. The van der Waals surface area contributed by atoms with Crippen LogP contribution in [0, 0.1) is 5.92 Å². The molecule has 3 aromatic rings. The van der Waals surface area contributed by atoms with E-state index >= 15 is 0 Å². The van der Waals surface area contributed by atoms with Crippen molar-refractivity contribution in [2.75, 3.05) is 197 Å². The fourth-order valence-electron chi connectivity index (χ4n) is 10.6. The number of aliphatic carboxylic acids is 1. The van der Waals surface area contributed by atoms with Gasteiger partial charge < -0.3 is 123 Å². The second kappa shape index (κ2) is 56.9. The smallest absolute Gasteiger partial charge is 0.335 e. The maximum atomic E-state index is 13.6. The second-order valence-electron chi connectivity index (χ2n) is 24.9. The van der Waals surface area contributed by atoms with Gasteiger partial charge in [0.05, 0.1) is 170 Å². The van der Waals surface area contributed by atoms with Gasteiger partial charge in [-0.2, -0.15) is 0 Å². The molecule has 5 amide bonds. The number of carboxylic acids is 1. The number of hydrogen-bond acceptors (Lipinski definition) is 27. The minimum absolute atomic E-state index is 0.0516. The number of carboxylic acid groups (broad SMARTS) is 1. The van der Waals surface area contributed by atoms with Gasteiger partial charge in [-0.3, -0.25) is 33.8 Å². The second-order valence-corrected chi connectivity index (χ2v) is 24.9. The highest BCUT2D eigenvalue weighted by atomic mass is 16.7. The summed E-state index contributed by atoms with van der Waals surface area (Å²) in [6.45, 7) is 11.8. The van der Waals surface area contributed by atoms with Gasteiger partial charge in [-0.15, -0.1) is 0 Å². The number of amides is 5. The van der Waals surface area contributed by atoms with Crippen LogP contribution in [0.3, 0.4) is 0 Å². The Hall–Kier alpha value is -7.26. The van der Waals surface area contributed by atoms with Crippen molar-refractivity contribution in [2.45, 2.75) is 114 Å². The third-order valence-electron chi connectivity index (χ3n) is 16.5. The summed E-state index contributed by atoms with van der Waals surface area (Å²) >= 11 is 0. The lowest BCUT2D eigenvalue weighted by atomic mass is 9.91. The van der Waals surface area contributed by atoms with E-state index in [1.54, 1.807) is 55.9 Å². The molecule has 5 rings (SSSR count). The summed E-state index contributed by atoms with van der Waals surface area (Å²) in [5, 5.41) is 52.0. The van der Waals surface area contributed by atoms with Gasteiger partial charge in [0, 0.05) is 76.7 Å². The van der Waals surface area contributed by atoms with Crippen molar-refractivity contribution in [3.05, 3.63) is 95.3 Å². The molecule has 600 valence electrons. The number of pyridine rings is 1. The largest absolute Gasteiger partial charge is 0.479 e. The Morgan fingerprint density at radius 1 is 0.598 bits per heavy atom. The van der Waals surface area contributed by atoms with Crippen molar-refractivity contribution in [1.29, 1.82) is 0 Å². The first-order valence-corrected chi connectivity index (χ1v) is 36.7. The Morgan fingerprint density at radius 3 is 1.72 bits per heavy atom. The van der Waals surface area contributed by atoms with E-state index in [1.165, 1.54) is 24.3 Å². The first-order chi connectivity index (χ1) is 52.1. The molecule has 3 heterocycles. The third-order valence-corrected chi connectivity index (χ3v) is 16.5. The van der Waals surface area contributed by atoms with E-state index < -0.39 is 60.5 Å². The van der Waals surface area contributed by atoms with Gasteiger partial charge in [-0.1, -0.05) is 37.1 Å². The third kappa shape index (κ3) is 40.7. The van der Waals surface area contributed by atoms with Gasteiger partial charge in [0.1, 0.15) is 30.7 Å². The van der Waals surface area contributed by atoms with Crippen molar-refractivity contribution in [2.24, 2.45) is 11.7 Å². The molecule has 10 N–H and O–H groups in total. The fraction of sp³-hybridized carbons (Fsp3) is 0.649. The number of ether oxygens (including phenoxy) is 15. The predicted molar refractivity (Wildman–Crippen MR) is 387 cm³/mol. The number of nitrogens with two attached hydrogens (primary N) is 1. The van der Waals surface area contributed by atoms with Crippen molar-refractivity contribution in [1.82, 2.24) is 25.8 Å². The van der Waals surface area contributed by atoms with E-state index in [-0.39, 0.29) is 68.2 Å². The summed E-state index contributed by atoms with van der Waals surface area (Å²) in [5.41, 5.74) is 8.26. The lowest BCUT2D eigenvalue weighted by Crippen LogP contribution is -2.61. The predicted octanol–water partition coefficient (Wildman–Crippen LogP) is 1.77. The molecule has 107 heavy (non-hydrogen) atoms. The molecule has 0 aliphatic carbocycles. The summed E-state index contributed by atoms with van der Waals surface area (Å²) in [7, 11) is 1.63. The summed E-state index contributed by atoms with van der Waals surface area (Å²) in [6, 6.07) is 13.7. The van der Waals surface area contributed by atoms with Gasteiger partial charge >= 0.3 is 11.9 Å². The standard InChI is InChI=1S/C74H113N7O26/c1-93-28-29-95-32-33-97-36-37-99-40-41-101-44-45-103-48-49-104-47-46-102-43-42-100-39-38-98-35-34-96-31-30-94-27-20-64(83)78-23-5-3-12-60(75)71(89)79-24-17-65(84)80-61-51-58(13-15-62(61)106-74-69(88)67(86)68(87)70(107-74)73(91)92)54-105-66(85)52-57-9-6-11-59(50-57)72(90)81-25-18-55(19-26-81)8-2-4-22-77-63(82)16-14-56-10-7-21-76-53-56/h6-7,9-11,13-16,21,50-51,53,55,60,67-70,74,86-88H,2-5,8,12,17-20,22-49,52,54,75H2,1H3,(H,77,82)(H,78,83)(H,79,89)(H,80,84)(H,91,92)/b16-14+/t60-,67-,68-,69+,70-,74+/m0/s1. The number of unbranched alkanes of at least 4 members (excludes halogenated alkanes) is 2. The number of nitrogens with zero attached hydrogens (tertiary/aromatic N) is 2. The number of aromatic nitrogens is 1. The number of nitrogens with one attached hydrogen (secondary N) is 4. The van der Waals surface area contributed by atoms with E-state index in [4.69, 9.17) is 76.8 Å². The summed E-state index contributed by atoms with van der Waals surface area (Å²) in [4.78, 5) is 95.4. The topological polar surface area (TPSA) is 429 Å². The number of piperidine rings is 1. The van der Waals surface area contributed by atoms with Crippen molar-refractivity contribution in [3.63, 3.8) is 0 Å². The number of benzene rings is 2. The maximum absolute atomic E-state index is 13.6. The number of rotatable bonds is 61. The molecule has 33 heteroatoms. The molecule has 2 aliphatic heterocycles. The number of hydrogen-bond donors (Lipinski definition) is 9. The Balaban J connectivity index is 0.862. The minimum atomic E-state index is -2.00. The van der Waals surface area contributed by atoms with E-state index in [0.29, 0.717) is 213 Å². The van der Waals surface area contributed by atoms with Gasteiger partial charge in [0.2, 0.25) is 29.9 Å². The quantitative estimate of drug-likeness (QED) is 0.0221. The Morgan fingerprint density at radius 2 is 1.16 bits per heavy atom. The normalized spacial score (nSPS) is 17.0. The van der Waals surface area contributed by atoms with Crippen molar-refractivity contribution in [3.8, 4) is 5.75 Å². The number of methoxy groups -OCH3 is 1. The molecule has 0 saturated carbocycles. The highest BCUT2D eigenvalue weighted by Gasteiger charge is 2.48. The Bertz CT molecular complexity index is 2990. The molecule has 0 unspecified atom stereocenters. The molecule has 2 aromatic carbocycles. The van der Waals surface area contributed by atoms with Crippen LogP contribution in [0.1, 0.15) is 91.3 Å². The van der Waals surface area contributed by atoms with Crippen LogP contribution in [0.4, 0.5) is 5.69 Å². The van der Waals surface area contributed by atoms with Gasteiger partial charge in [0.25, 0.3) is 5.91 Å². The maximum Gasteiger partial charge on any atom is 0.335 e. The van der Waals surface area contributed by atoms with Crippen LogP contribution in [-0.4, -0.2) is 300 Å². The molecule has 2 fully saturated rings. The van der Waals surface area contributed by atoms with Crippen LogP contribution in [0.25, 0.3) is 6.08 Å². The van der Waals surface area contributed by atoms with E-state index in [2.05, 4.69) is 26.3 Å². The van der Waals surface area contributed by atoms with Crippen LogP contribution in [0.2, 0.25) is 0 Å². The van der Waals surface area contributed by atoms with Crippen LogP contribution in [0.5, 0.6) is 5.75 Å². The lowest BCUT2D eigenvalue weighted by molar-refractivity contribution is -0.271. The molecule has 0 radical (unpaired) electrons. The first kappa shape index (κ1) is 90.4. The first-order valence-electron chi connectivity index (χ1n) is 36.7. The van der Waals surface area contributed by atoms with Gasteiger partial charge in [0.15, 0.2) is 6.10 Å². The number of carbonyl (C=O) groups is 7. The molecule has 2 aliphatic rings. The monoisotopic (exact) mass is 1520 g/mol. The molecule has 0 spiro atoms. The highest BCUT2D eigenvalue weighted by molar-refractivity contribution is 5.95. The number of aliphatic hydroxyl groups is 3.